The summed E-state index contributed by atoms with van der Waals surface area (Å²) in [6.45, 7) is 0. The first kappa shape index (κ1) is 18.5. The molecule has 0 saturated heterocycles. The van der Waals surface area contributed by atoms with Crippen LogP contribution < -0.4 is 14.8 Å². The summed E-state index contributed by atoms with van der Waals surface area (Å²) in [4.78, 5) is 17.5. The van der Waals surface area contributed by atoms with Crippen molar-refractivity contribution in [3.05, 3.63) is 84.2 Å². The van der Waals surface area contributed by atoms with E-state index in [0.717, 1.165) is 11.3 Å². The van der Waals surface area contributed by atoms with Crippen molar-refractivity contribution in [3.63, 3.8) is 0 Å². The molecule has 0 aliphatic rings. The van der Waals surface area contributed by atoms with E-state index in [-0.39, 0.29) is 11.8 Å². The van der Waals surface area contributed by atoms with E-state index in [1.807, 2.05) is 48.5 Å². The number of hydrogen-bond donors (Lipinski definition) is 1. The van der Waals surface area contributed by atoms with Gasteiger partial charge in [0.05, 0.1) is 25.8 Å². The van der Waals surface area contributed by atoms with Gasteiger partial charge in [-0.3, -0.25) is 9.78 Å². The molecule has 1 unspecified atom stereocenters. The van der Waals surface area contributed by atoms with E-state index in [1.165, 1.54) is 0 Å². The number of amides is 1. The normalized spacial score (nSPS) is 11.5. The number of ether oxygens (including phenoxy) is 2. The fourth-order valence-corrected chi connectivity index (χ4v) is 2.91. The van der Waals surface area contributed by atoms with Gasteiger partial charge >= 0.3 is 0 Å². The van der Waals surface area contributed by atoms with E-state index < -0.39 is 0 Å². The number of carbonyl (C=O) groups excluding carboxylic acids is 1. The lowest BCUT2D eigenvalue weighted by molar-refractivity contribution is -0.117. The molecule has 2 aromatic carbocycles. The predicted octanol–water partition coefficient (Wildman–Crippen LogP) is 4.06. The zero-order chi connectivity index (χ0) is 19.1. The maximum absolute atomic E-state index is 13.1. The molecule has 1 N–H and O–H groups in total. The minimum Gasteiger partial charge on any atom is -0.497 e. The highest BCUT2D eigenvalue weighted by molar-refractivity contribution is 5.97. The standard InChI is InChI=1S/C22H22N2O3/c1-26-18-11-12-21(27-2)20(15-18)24-22(25)19(16-8-4-3-5-9-16)14-17-10-6-7-13-23-17/h3-13,15,19H,14H2,1-2H3,(H,24,25). The number of benzene rings is 2. The molecule has 1 atom stereocenters. The number of anilines is 1. The summed E-state index contributed by atoms with van der Waals surface area (Å²) >= 11 is 0. The minimum absolute atomic E-state index is 0.126. The number of pyridine rings is 1. The third-order valence-electron chi connectivity index (χ3n) is 4.32. The second-order valence-corrected chi connectivity index (χ2v) is 6.04. The van der Waals surface area contributed by atoms with Crippen LogP contribution in [0.4, 0.5) is 5.69 Å². The lowest BCUT2D eigenvalue weighted by atomic mass is 9.93. The molecule has 1 amide bonds. The first-order valence-corrected chi connectivity index (χ1v) is 8.69. The van der Waals surface area contributed by atoms with Gasteiger partial charge < -0.3 is 14.8 Å². The van der Waals surface area contributed by atoms with Crippen molar-refractivity contribution in [2.24, 2.45) is 0 Å². The van der Waals surface area contributed by atoms with E-state index in [4.69, 9.17) is 9.47 Å². The lowest BCUT2D eigenvalue weighted by Crippen LogP contribution is -2.23. The molecule has 3 rings (SSSR count). The molecule has 0 fully saturated rings. The number of methoxy groups -OCH3 is 2. The quantitative estimate of drug-likeness (QED) is 0.688. The van der Waals surface area contributed by atoms with Gasteiger partial charge in [-0.05, 0) is 29.8 Å². The molecule has 27 heavy (non-hydrogen) atoms. The molecule has 3 aromatic rings. The summed E-state index contributed by atoms with van der Waals surface area (Å²) in [5.41, 5.74) is 2.37. The van der Waals surface area contributed by atoms with Crippen molar-refractivity contribution >= 4 is 11.6 Å². The van der Waals surface area contributed by atoms with Gasteiger partial charge in [0.25, 0.3) is 0 Å². The Kier molecular flexibility index (Phi) is 6.05. The molecule has 138 valence electrons. The molecule has 5 heteroatoms. The van der Waals surface area contributed by atoms with Crippen LogP contribution >= 0.6 is 0 Å². The Balaban J connectivity index is 1.89. The van der Waals surface area contributed by atoms with Crippen LogP contribution in [0.15, 0.2) is 72.9 Å². The van der Waals surface area contributed by atoms with E-state index in [1.54, 1.807) is 38.6 Å². The lowest BCUT2D eigenvalue weighted by Gasteiger charge is -2.18. The number of carbonyl (C=O) groups is 1. The smallest absolute Gasteiger partial charge is 0.232 e. The average Bonchev–Trinajstić information content (AvgIpc) is 2.73. The molecule has 0 radical (unpaired) electrons. The first-order chi connectivity index (χ1) is 13.2. The zero-order valence-electron chi connectivity index (χ0n) is 15.4. The molecule has 0 bridgehead atoms. The van der Waals surface area contributed by atoms with E-state index in [9.17, 15) is 4.79 Å². The van der Waals surface area contributed by atoms with Crippen molar-refractivity contribution < 1.29 is 14.3 Å². The van der Waals surface area contributed by atoms with Gasteiger partial charge in [0.2, 0.25) is 5.91 Å². The topological polar surface area (TPSA) is 60.5 Å². The largest absolute Gasteiger partial charge is 0.497 e. The van der Waals surface area contributed by atoms with Crippen LogP contribution in [0, 0.1) is 0 Å². The van der Waals surface area contributed by atoms with E-state index >= 15 is 0 Å². The Labute approximate surface area is 159 Å². The molecule has 1 aromatic heterocycles. The van der Waals surface area contributed by atoms with Crippen LogP contribution in [0.3, 0.4) is 0 Å². The Morgan fingerprint density at radius 3 is 2.44 bits per heavy atom. The molecule has 0 saturated carbocycles. The molecule has 0 aliphatic carbocycles. The Bertz CT molecular complexity index is 883. The van der Waals surface area contributed by atoms with Crippen LogP contribution in [0.1, 0.15) is 17.2 Å². The SMILES string of the molecule is COc1ccc(OC)c(NC(=O)C(Cc2ccccn2)c2ccccc2)c1. The number of nitrogens with zero attached hydrogens (tertiary/aromatic N) is 1. The number of rotatable bonds is 7. The molecule has 0 aliphatic heterocycles. The molecular weight excluding hydrogens is 340 g/mol. The second kappa shape index (κ2) is 8.85. The number of aromatic nitrogens is 1. The van der Waals surface area contributed by atoms with Gasteiger partial charge in [-0.25, -0.2) is 0 Å². The van der Waals surface area contributed by atoms with Crippen LogP contribution in [-0.2, 0) is 11.2 Å². The van der Waals surface area contributed by atoms with Crippen molar-refractivity contribution in [2.45, 2.75) is 12.3 Å². The summed E-state index contributed by atoms with van der Waals surface area (Å²) in [5, 5.41) is 2.98. The molecule has 5 nitrogen and oxygen atoms in total. The fourth-order valence-electron chi connectivity index (χ4n) is 2.91. The van der Waals surface area contributed by atoms with Gasteiger partial charge in [0.15, 0.2) is 0 Å². The predicted molar refractivity (Wildman–Crippen MR) is 105 cm³/mol. The summed E-state index contributed by atoms with van der Waals surface area (Å²) < 4.78 is 10.6. The fraction of sp³-hybridized carbons (Fsp3) is 0.182. The van der Waals surface area contributed by atoms with Crippen molar-refractivity contribution in [1.29, 1.82) is 0 Å². The highest BCUT2D eigenvalue weighted by atomic mass is 16.5. The monoisotopic (exact) mass is 362 g/mol. The van der Waals surface area contributed by atoms with Gasteiger partial charge in [-0.2, -0.15) is 0 Å². The molecule has 0 spiro atoms. The Morgan fingerprint density at radius 2 is 1.78 bits per heavy atom. The minimum atomic E-state index is -0.378. The molecule has 1 heterocycles. The van der Waals surface area contributed by atoms with Crippen LogP contribution in [-0.4, -0.2) is 25.1 Å². The number of hydrogen-bond acceptors (Lipinski definition) is 4. The first-order valence-electron chi connectivity index (χ1n) is 8.69. The Hall–Kier alpha value is -3.34. The van der Waals surface area contributed by atoms with Crippen LogP contribution in [0.2, 0.25) is 0 Å². The number of nitrogens with one attached hydrogen (secondary N) is 1. The van der Waals surface area contributed by atoms with Crippen LogP contribution in [0.5, 0.6) is 11.5 Å². The highest BCUT2D eigenvalue weighted by Gasteiger charge is 2.23. The second-order valence-electron chi connectivity index (χ2n) is 6.04. The van der Waals surface area contributed by atoms with Crippen molar-refractivity contribution in [3.8, 4) is 11.5 Å². The van der Waals surface area contributed by atoms with Gasteiger partial charge in [0, 0.05) is 24.4 Å². The third-order valence-corrected chi connectivity index (χ3v) is 4.32. The summed E-state index contributed by atoms with van der Waals surface area (Å²) in [7, 11) is 3.15. The Morgan fingerprint density at radius 1 is 1.00 bits per heavy atom. The van der Waals surface area contributed by atoms with Gasteiger partial charge in [-0.15, -0.1) is 0 Å². The van der Waals surface area contributed by atoms with E-state index in [0.29, 0.717) is 23.6 Å². The average molecular weight is 362 g/mol. The summed E-state index contributed by atoms with van der Waals surface area (Å²) in [5.74, 6) is 0.719. The molecular formula is C22H22N2O3. The highest BCUT2D eigenvalue weighted by Crippen LogP contribution is 2.31. The maximum Gasteiger partial charge on any atom is 0.232 e. The van der Waals surface area contributed by atoms with Crippen LogP contribution in [0.25, 0.3) is 0 Å². The maximum atomic E-state index is 13.1. The van der Waals surface area contributed by atoms with Gasteiger partial charge in [-0.1, -0.05) is 36.4 Å². The zero-order valence-corrected chi connectivity index (χ0v) is 15.4. The third kappa shape index (κ3) is 4.64. The van der Waals surface area contributed by atoms with Gasteiger partial charge in [0.1, 0.15) is 11.5 Å². The van der Waals surface area contributed by atoms with Crippen molar-refractivity contribution in [2.75, 3.05) is 19.5 Å². The van der Waals surface area contributed by atoms with Crippen molar-refractivity contribution in [1.82, 2.24) is 4.98 Å². The summed E-state index contributed by atoms with van der Waals surface area (Å²) in [6, 6.07) is 20.7. The summed E-state index contributed by atoms with van der Waals surface area (Å²) in [6.07, 6.45) is 2.24. The van der Waals surface area contributed by atoms with E-state index in [2.05, 4.69) is 10.3 Å².